The third-order valence-corrected chi connectivity index (χ3v) is 4.55. The molecule has 1 aromatic carbocycles. The van der Waals surface area contributed by atoms with Crippen LogP contribution in [0.15, 0.2) is 63.1 Å². The summed E-state index contributed by atoms with van der Waals surface area (Å²) in [7, 11) is 0. The molecule has 0 bridgehead atoms. The lowest BCUT2D eigenvalue weighted by molar-refractivity contribution is 1.06. The fraction of sp³-hybridized carbons (Fsp3) is 0. The van der Waals surface area contributed by atoms with E-state index in [2.05, 4.69) is 16.0 Å². The Morgan fingerprint density at radius 3 is 2.58 bits per heavy atom. The minimum Gasteiger partial charge on any atom is -0.221 e. The van der Waals surface area contributed by atoms with Gasteiger partial charge in [-0.2, -0.15) is 0 Å². The highest BCUT2D eigenvalue weighted by Gasteiger charge is 2.07. The van der Waals surface area contributed by atoms with Crippen LogP contribution in [0.1, 0.15) is 0 Å². The van der Waals surface area contributed by atoms with Gasteiger partial charge in [0, 0.05) is 11.6 Å². The Morgan fingerprint density at radius 1 is 1.00 bits per heavy atom. The van der Waals surface area contributed by atoms with Crippen LogP contribution in [0.5, 0.6) is 0 Å². The third-order valence-electron chi connectivity index (χ3n) is 2.40. The Labute approximate surface area is 124 Å². The van der Waals surface area contributed by atoms with Gasteiger partial charge in [0.05, 0.1) is 4.21 Å². The zero-order chi connectivity index (χ0) is 13.1. The highest BCUT2D eigenvalue weighted by molar-refractivity contribution is 8.01. The van der Waals surface area contributed by atoms with Gasteiger partial charge in [-0.3, -0.25) is 0 Å². The first-order valence-corrected chi connectivity index (χ1v) is 7.70. The molecule has 5 heteroatoms. The number of hydrogen-bond acceptors (Lipinski definition) is 4. The second-order valence-electron chi connectivity index (χ2n) is 3.75. The van der Waals surface area contributed by atoms with E-state index in [1.54, 1.807) is 29.2 Å². The van der Waals surface area contributed by atoms with Crippen LogP contribution < -0.4 is 0 Å². The highest BCUT2D eigenvalue weighted by Crippen LogP contribution is 2.32. The molecule has 0 aliphatic carbocycles. The molecule has 0 radical (unpaired) electrons. The van der Waals surface area contributed by atoms with Gasteiger partial charge in [0.1, 0.15) is 10.2 Å². The van der Waals surface area contributed by atoms with Crippen molar-refractivity contribution in [1.29, 1.82) is 0 Å². The molecule has 0 amide bonds. The van der Waals surface area contributed by atoms with E-state index in [0.717, 1.165) is 10.6 Å². The van der Waals surface area contributed by atoms with Crippen LogP contribution in [-0.4, -0.2) is 9.97 Å². The molecule has 0 spiro atoms. The van der Waals surface area contributed by atoms with Crippen LogP contribution in [-0.2, 0) is 0 Å². The van der Waals surface area contributed by atoms with E-state index < -0.39 is 0 Å². The molecule has 0 N–H and O–H groups in total. The minimum atomic E-state index is 0.466. The first-order chi connectivity index (χ1) is 9.31. The summed E-state index contributed by atoms with van der Waals surface area (Å²) in [5.74, 6) is 0.659. The van der Waals surface area contributed by atoms with Gasteiger partial charge in [-0.1, -0.05) is 59.8 Å². The van der Waals surface area contributed by atoms with Crippen molar-refractivity contribution in [3.63, 3.8) is 0 Å². The maximum Gasteiger partial charge on any atom is 0.162 e. The van der Waals surface area contributed by atoms with Crippen LogP contribution in [0.2, 0.25) is 5.15 Å². The predicted octanol–water partition coefficient (Wildman–Crippen LogP) is 5.01. The van der Waals surface area contributed by atoms with Crippen molar-refractivity contribution in [3.05, 3.63) is 59.1 Å². The molecule has 0 fully saturated rings. The van der Waals surface area contributed by atoms with E-state index in [-0.39, 0.29) is 0 Å². The Hall–Kier alpha value is -1.36. The quantitative estimate of drug-likeness (QED) is 0.636. The molecule has 2 aromatic heterocycles. The summed E-state index contributed by atoms with van der Waals surface area (Å²) in [4.78, 5) is 8.83. The van der Waals surface area contributed by atoms with E-state index in [1.165, 1.54) is 4.21 Å². The van der Waals surface area contributed by atoms with Crippen LogP contribution in [0, 0.1) is 0 Å². The fourth-order valence-electron chi connectivity index (χ4n) is 1.59. The first-order valence-electron chi connectivity index (χ1n) is 5.62. The smallest absolute Gasteiger partial charge is 0.162 e. The van der Waals surface area contributed by atoms with Crippen molar-refractivity contribution in [2.45, 2.75) is 9.24 Å². The maximum absolute atomic E-state index is 6.08. The SMILES string of the molecule is Clc1cc(Sc2cccs2)nc(-c2ccccc2)n1. The summed E-state index contributed by atoms with van der Waals surface area (Å²) < 4.78 is 1.19. The van der Waals surface area contributed by atoms with E-state index in [1.807, 2.05) is 41.8 Å². The monoisotopic (exact) mass is 304 g/mol. The van der Waals surface area contributed by atoms with Crippen molar-refractivity contribution in [2.75, 3.05) is 0 Å². The second kappa shape index (κ2) is 5.74. The van der Waals surface area contributed by atoms with Crippen molar-refractivity contribution in [2.24, 2.45) is 0 Å². The van der Waals surface area contributed by atoms with Crippen molar-refractivity contribution >= 4 is 34.7 Å². The molecule has 0 atom stereocenters. The standard InChI is InChI=1S/C14H9ClN2S2/c15-11-9-12(19-13-7-4-8-18-13)17-14(16-11)10-5-2-1-3-6-10/h1-9H. The van der Waals surface area contributed by atoms with E-state index in [0.29, 0.717) is 11.0 Å². The number of benzene rings is 1. The molecule has 0 aliphatic rings. The van der Waals surface area contributed by atoms with Crippen LogP contribution >= 0.6 is 34.7 Å². The molecule has 0 unspecified atom stereocenters. The molecular formula is C14H9ClN2S2. The zero-order valence-corrected chi connectivity index (χ0v) is 12.2. The van der Waals surface area contributed by atoms with Gasteiger partial charge in [0.2, 0.25) is 0 Å². The lowest BCUT2D eigenvalue weighted by Gasteiger charge is -2.04. The van der Waals surface area contributed by atoms with Crippen molar-refractivity contribution in [3.8, 4) is 11.4 Å². The lowest BCUT2D eigenvalue weighted by atomic mass is 10.2. The summed E-state index contributed by atoms with van der Waals surface area (Å²) in [6.07, 6.45) is 0. The molecule has 19 heavy (non-hydrogen) atoms. The third kappa shape index (κ3) is 3.15. The molecular weight excluding hydrogens is 296 g/mol. The Kier molecular flexibility index (Phi) is 3.82. The van der Waals surface area contributed by atoms with E-state index >= 15 is 0 Å². The second-order valence-corrected chi connectivity index (χ2v) is 6.41. The minimum absolute atomic E-state index is 0.466. The van der Waals surface area contributed by atoms with Gasteiger partial charge in [0.25, 0.3) is 0 Å². The number of aromatic nitrogens is 2. The Bertz CT molecular complexity index is 669. The maximum atomic E-state index is 6.08. The number of halogens is 1. The number of rotatable bonds is 3. The molecule has 0 aliphatic heterocycles. The summed E-state index contributed by atoms with van der Waals surface area (Å²) in [6, 6.07) is 15.7. The Balaban J connectivity index is 1.97. The summed E-state index contributed by atoms with van der Waals surface area (Å²) in [5.41, 5.74) is 0.970. The normalized spacial score (nSPS) is 10.6. The van der Waals surface area contributed by atoms with Crippen LogP contribution in [0.25, 0.3) is 11.4 Å². The largest absolute Gasteiger partial charge is 0.221 e. The van der Waals surface area contributed by atoms with Crippen molar-refractivity contribution < 1.29 is 0 Å². The average Bonchev–Trinajstić information content (AvgIpc) is 2.92. The number of nitrogens with zero attached hydrogens (tertiary/aromatic N) is 2. The van der Waals surface area contributed by atoms with Gasteiger partial charge in [-0.25, -0.2) is 9.97 Å². The molecule has 0 saturated heterocycles. The average molecular weight is 305 g/mol. The van der Waals surface area contributed by atoms with E-state index in [9.17, 15) is 0 Å². The highest BCUT2D eigenvalue weighted by atomic mass is 35.5. The molecule has 2 nitrogen and oxygen atoms in total. The molecule has 0 saturated carbocycles. The summed E-state index contributed by atoms with van der Waals surface area (Å²) >= 11 is 9.36. The Morgan fingerprint density at radius 2 is 1.84 bits per heavy atom. The lowest BCUT2D eigenvalue weighted by Crippen LogP contribution is -1.91. The first kappa shape index (κ1) is 12.7. The molecule has 3 aromatic rings. The number of thiophene rings is 1. The predicted molar refractivity (Wildman–Crippen MR) is 80.9 cm³/mol. The molecule has 94 valence electrons. The van der Waals surface area contributed by atoms with Gasteiger partial charge in [0.15, 0.2) is 5.82 Å². The van der Waals surface area contributed by atoms with Gasteiger partial charge in [-0.15, -0.1) is 11.3 Å². The van der Waals surface area contributed by atoms with Crippen LogP contribution in [0.4, 0.5) is 0 Å². The van der Waals surface area contributed by atoms with Gasteiger partial charge in [-0.05, 0) is 11.4 Å². The van der Waals surface area contributed by atoms with Gasteiger partial charge < -0.3 is 0 Å². The summed E-state index contributed by atoms with van der Waals surface area (Å²) in [5, 5.41) is 3.37. The van der Waals surface area contributed by atoms with Crippen molar-refractivity contribution in [1.82, 2.24) is 9.97 Å². The molecule has 3 rings (SSSR count). The summed E-state index contributed by atoms with van der Waals surface area (Å²) in [6.45, 7) is 0. The fourth-order valence-corrected chi connectivity index (χ4v) is 3.56. The molecule has 2 heterocycles. The number of hydrogen-bond donors (Lipinski definition) is 0. The van der Waals surface area contributed by atoms with Gasteiger partial charge >= 0.3 is 0 Å². The zero-order valence-electron chi connectivity index (χ0n) is 9.79. The van der Waals surface area contributed by atoms with Crippen LogP contribution in [0.3, 0.4) is 0 Å². The topological polar surface area (TPSA) is 25.8 Å². The van der Waals surface area contributed by atoms with E-state index in [4.69, 9.17) is 11.6 Å².